The van der Waals surface area contributed by atoms with Crippen molar-refractivity contribution < 1.29 is 0 Å². The summed E-state index contributed by atoms with van der Waals surface area (Å²) in [6, 6.07) is 8.54. The molecule has 0 bridgehead atoms. The number of benzene rings is 1. The van der Waals surface area contributed by atoms with Crippen LogP contribution in [0, 0.1) is 0 Å². The summed E-state index contributed by atoms with van der Waals surface area (Å²) in [4.78, 5) is 12.9. The first-order valence-corrected chi connectivity index (χ1v) is 11.3. The van der Waals surface area contributed by atoms with Crippen LogP contribution >= 0.6 is 0 Å². The normalized spacial score (nSPS) is 13.4. The fourth-order valence-corrected chi connectivity index (χ4v) is 3.29. The summed E-state index contributed by atoms with van der Waals surface area (Å²) in [6.45, 7) is 3.07. The second-order valence-electron chi connectivity index (χ2n) is 7.66. The van der Waals surface area contributed by atoms with Crippen molar-refractivity contribution in [3.05, 3.63) is 47.7 Å². The van der Waals surface area contributed by atoms with Crippen LogP contribution in [0.5, 0.6) is 0 Å². The Morgan fingerprint density at radius 1 is 0.903 bits per heavy atom. The molecule has 0 spiro atoms. The molecule has 31 heavy (non-hydrogen) atoms. The van der Waals surface area contributed by atoms with Crippen LogP contribution in [0.2, 0.25) is 0 Å². The average molecular weight is 427 g/mol. The Morgan fingerprint density at radius 2 is 1.61 bits per heavy atom. The van der Waals surface area contributed by atoms with Gasteiger partial charge in [0.25, 0.3) is 0 Å². The number of aliphatic imine (C=N–C) groups is 3. The van der Waals surface area contributed by atoms with Gasteiger partial charge in [-0.15, -0.1) is 0 Å². The molecule has 0 fully saturated rings. The number of nitrogens with one attached hydrogen (secondary N) is 2. The number of hydrogen-bond acceptors (Lipinski definition) is 4. The number of nitrogens with zero attached hydrogens (tertiary/aromatic N) is 3. The minimum atomic E-state index is 0.181. The van der Waals surface area contributed by atoms with E-state index in [9.17, 15) is 0 Å². The van der Waals surface area contributed by atoms with Gasteiger partial charge in [0.1, 0.15) is 5.84 Å². The third-order valence-electron chi connectivity index (χ3n) is 5.01. The molecule has 0 radical (unpaired) electrons. The van der Waals surface area contributed by atoms with Gasteiger partial charge in [-0.1, -0.05) is 49.9 Å². The standard InChI is InChI=1S/C23H38N8/c24-22(25)29-14-5-3-1-2-4-6-15-30-23(26)31-16-7-9-19-10-12-20(13-11-19)21-27-17-8-18-28-21/h8,10-13,17H,1-7,9,14-16,18H2,(H,27,28)(H4,24,25,29)(H3,26,30,31). The quantitative estimate of drug-likeness (QED) is 0.176. The minimum Gasteiger partial charge on any atom is -0.370 e. The fraction of sp³-hybridized carbons (Fsp3) is 0.522. The molecule has 0 amide bonds. The van der Waals surface area contributed by atoms with E-state index in [2.05, 4.69) is 49.9 Å². The maximum atomic E-state index is 5.96. The summed E-state index contributed by atoms with van der Waals surface area (Å²) in [6.07, 6.45) is 12.8. The first-order valence-electron chi connectivity index (χ1n) is 11.3. The molecule has 2 rings (SSSR count). The number of aryl methyl sites for hydroxylation is 1. The lowest BCUT2D eigenvalue weighted by molar-refractivity contribution is 0.592. The molecule has 0 unspecified atom stereocenters. The highest BCUT2D eigenvalue weighted by molar-refractivity contribution is 5.99. The van der Waals surface area contributed by atoms with E-state index in [0.29, 0.717) is 5.96 Å². The second kappa shape index (κ2) is 14.9. The maximum absolute atomic E-state index is 5.96. The zero-order chi connectivity index (χ0) is 22.2. The predicted molar refractivity (Wildman–Crippen MR) is 131 cm³/mol. The molecule has 8 nitrogen and oxygen atoms in total. The van der Waals surface area contributed by atoms with Crippen LogP contribution in [-0.2, 0) is 6.42 Å². The zero-order valence-corrected chi connectivity index (χ0v) is 18.5. The molecule has 1 heterocycles. The second-order valence-corrected chi connectivity index (χ2v) is 7.66. The Labute approximate surface area is 186 Å². The van der Waals surface area contributed by atoms with Crippen molar-refractivity contribution in [1.29, 1.82) is 0 Å². The molecule has 0 atom stereocenters. The van der Waals surface area contributed by atoms with Crippen LogP contribution in [0.1, 0.15) is 56.1 Å². The van der Waals surface area contributed by atoms with Gasteiger partial charge in [-0.05, 0) is 37.3 Å². The van der Waals surface area contributed by atoms with Crippen molar-refractivity contribution in [2.75, 3.05) is 26.2 Å². The zero-order valence-electron chi connectivity index (χ0n) is 18.5. The van der Waals surface area contributed by atoms with E-state index < -0.39 is 0 Å². The number of amidine groups is 1. The van der Waals surface area contributed by atoms with Gasteiger partial charge < -0.3 is 27.8 Å². The number of unbranched alkanes of at least 4 members (excludes halogenated alkanes) is 5. The molecule has 0 aromatic heterocycles. The van der Waals surface area contributed by atoms with Gasteiger partial charge in [-0.3, -0.25) is 15.0 Å². The summed E-state index contributed by atoms with van der Waals surface area (Å²) in [7, 11) is 0. The molecule has 1 aromatic carbocycles. The van der Waals surface area contributed by atoms with Crippen LogP contribution in [0.25, 0.3) is 0 Å². The highest BCUT2D eigenvalue weighted by atomic mass is 15.1. The SMILES string of the molecule is NC(N)=NCCCCCCCCNC(N)=NCCCc1ccc(C2=NCC=CN2)cc1. The van der Waals surface area contributed by atoms with Crippen LogP contribution in [0.15, 0.2) is 51.5 Å². The maximum Gasteiger partial charge on any atom is 0.188 e. The predicted octanol–water partition coefficient (Wildman–Crippen LogP) is 2.00. The number of nitrogens with two attached hydrogens (primary N) is 3. The Balaban J connectivity index is 1.48. The van der Waals surface area contributed by atoms with Crippen LogP contribution in [-0.4, -0.2) is 43.9 Å². The molecular formula is C23H38N8. The van der Waals surface area contributed by atoms with Gasteiger partial charge in [-0.2, -0.15) is 0 Å². The summed E-state index contributed by atoms with van der Waals surface area (Å²) >= 11 is 0. The molecule has 170 valence electrons. The van der Waals surface area contributed by atoms with Crippen LogP contribution in [0.4, 0.5) is 0 Å². The van der Waals surface area contributed by atoms with Crippen LogP contribution in [0.3, 0.4) is 0 Å². The molecular weight excluding hydrogens is 388 g/mol. The van der Waals surface area contributed by atoms with E-state index in [-0.39, 0.29) is 5.96 Å². The Bertz CT molecular complexity index is 745. The highest BCUT2D eigenvalue weighted by Crippen LogP contribution is 2.09. The van der Waals surface area contributed by atoms with Gasteiger partial charge in [0.05, 0.1) is 6.54 Å². The van der Waals surface area contributed by atoms with Crippen molar-refractivity contribution in [2.45, 2.75) is 51.4 Å². The summed E-state index contributed by atoms with van der Waals surface area (Å²) in [5.74, 6) is 1.66. The smallest absolute Gasteiger partial charge is 0.188 e. The lowest BCUT2D eigenvalue weighted by Gasteiger charge is -2.10. The van der Waals surface area contributed by atoms with Gasteiger partial charge in [0, 0.05) is 31.4 Å². The average Bonchev–Trinajstić information content (AvgIpc) is 2.79. The van der Waals surface area contributed by atoms with E-state index in [4.69, 9.17) is 17.2 Å². The Kier molecular flexibility index (Phi) is 11.6. The van der Waals surface area contributed by atoms with Gasteiger partial charge in [0.2, 0.25) is 0 Å². The molecule has 1 aromatic rings. The van der Waals surface area contributed by atoms with Gasteiger partial charge in [-0.25, -0.2) is 0 Å². The van der Waals surface area contributed by atoms with E-state index in [1.165, 1.54) is 31.2 Å². The summed E-state index contributed by atoms with van der Waals surface area (Å²) < 4.78 is 0. The Morgan fingerprint density at radius 3 is 2.32 bits per heavy atom. The van der Waals surface area contributed by atoms with Crippen molar-refractivity contribution >= 4 is 17.8 Å². The third kappa shape index (κ3) is 11.1. The van der Waals surface area contributed by atoms with Gasteiger partial charge >= 0.3 is 0 Å². The fourth-order valence-electron chi connectivity index (χ4n) is 3.29. The first-order chi connectivity index (χ1) is 15.1. The van der Waals surface area contributed by atoms with Crippen molar-refractivity contribution in [2.24, 2.45) is 32.2 Å². The van der Waals surface area contributed by atoms with Crippen molar-refractivity contribution in [3.63, 3.8) is 0 Å². The van der Waals surface area contributed by atoms with Gasteiger partial charge in [0.15, 0.2) is 11.9 Å². The molecule has 8 heteroatoms. The van der Waals surface area contributed by atoms with Crippen molar-refractivity contribution in [3.8, 4) is 0 Å². The van der Waals surface area contributed by atoms with Crippen molar-refractivity contribution in [1.82, 2.24) is 10.6 Å². The topological polar surface area (TPSA) is 139 Å². The molecule has 8 N–H and O–H groups in total. The molecule has 0 saturated heterocycles. The van der Waals surface area contributed by atoms with Crippen LogP contribution < -0.4 is 27.8 Å². The first kappa shape index (κ1) is 24.2. The highest BCUT2D eigenvalue weighted by Gasteiger charge is 2.03. The van der Waals surface area contributed by atoms with E-state index in [1.54, 1.807) is 0 Å². The lowest BCUT2D eigenvalue weighted by atomic mass is 10.1. The van der Waals surface area contributed by atoms with E-state index >= 15 is 0 Å². The molecule has 1 aliphatic rings. The Hall–Kier alpha value is -3.03. The van der Waals surface area contributed by atoms with E-state index in [0.717, 1.165) is 63.3 Å². The lowest BCUT2D eigenvalue weighted by Crippen LogP contribution is -2.32. The number of rotatable bonds is 14. The molecule has 0 aliphatic carbocycles. The third-order valence-corrected chi connectivity index (χ3v) is 5.01. The summed E-state index contributed by atoms with van der Waals surface area (Å²) in [5, 5.41) is 6.39. The monoisotopic (exact) mass is 426 g/mol. The minimum absolute atomic E-state index is 0.181. The number of hydrogen-bond donors (Lipinski definition) is 5. The van der Waals surface area contributed by atoms with E-state index in [1.807, 2.05) is 12.3 Å². The largest absolute Gasteiger partial charge is 0.370 e. The summed E-state index contributed by atoms with van der Waals surface area (Å²) in [5.41, 5.74) is 19.0. The molecule has 1 aliphatic heterocycles. The number of guanidine groups is 2. The molecule has 0 saturated carbocycles.